The molecule has 0 spiro atoms. The Labute approximate surface area is 102 Å². The third-order valence-corrected chi connectivity index (χ3v) is 4.12. The highest BCUT2D eigenvalue weighted by molar-refractivity contribution is 9.14. The Morgan fingerprint density at radius 1 is 1.47 bits per heavy atom. The molecule has 0 aliphatic carbocycles. The molecule has 0 aromatic carbocycles. The molecule has 0 saturated heterocycles. The molecular formula is C9H6Br2O4. The monoisotopic (exact) mass is 336 g/mol. The Morgan fingerprint density at radius 2 is 2.20 bits per heavy atom. The summed E-state index contributed by atoms with van der Waals surface area (Å²) in [4.78, 5) is 11.2. The maximum absolute atomic E-state index is 11.2. The van der Waals surface area contributed by atoms with Crippen LogP contribution in [0.1, 0.15) is 11.9 Å². The number of esters is 1. The topological polar surface area (TPSA) is 59.7 Å². The zero-order valence-corrected chi connectivity index (χ0v) is 10.5. The molecule has 1 aromatic heterocycles. The molecule has 2 heterocycles. The Balaban J connectivity index is 2.24. The predicted octanol–water partition coefficient (Wildman–Crippen LogP) is 2.24. The Bertz CT molecular complexity index is 410. The molecule has 0 fully saturated rings. The van der Waals surface area contributed by atoms with Crippen LogP contribution in [-0.4, -0.2) is 17.2 Å². The number of hydrogen-bond acceptors (Lipinski definition) is 4. The number of hydrogen-bond donors (Lipinski definition) is 1. The predicted molar refractivity (Wildman–Crippen MR) is 58.4 cm³/mol. The standard InChI is InChI=1S/C9H6Br2O4/c10-5-6(11)9(13)15-8(5)7(12)4-2-1-3-14-4/h1-3,7-8,12H/t7-,8-/m0/s1. The first-order chi connectivity index (χ1) is 7.11. The van der Waals surface area contributed by atoms with Crippen molar-refractivity contribution < 1.29 is 19.1 Å². The molecule has 0 amide bonds. The van der Waals surface area contributed by atoms with Gasteiger partial charge in [-0.05, 0) is 44.0 Å². The van der Waals surface area contributed by atoms with Crippen molar-refractivity contribution >= 4 is 37.8 Å². The van der Waals surface area contributed by atoms with Crippen molar-refractivity contribution in [2.24, 2.45) is 0 Å². The van der Waals surface area contributed by atoms with Crippen molar-refractivity contribution in [3.63, 3.8) is 0 Å². The van der Waals surface area contributed by atoms with E-state index in [0.29, 0.717) is 10.2 Å². The highest BCUT2D eigenvalue weighted by atomic mass is 79.9. The molecular weight excluding hydrogens is 332 g/mol. The average Bonchev–Trinajstić information content (AvgIpc) is 2.82. The molecule has 6 heteroatoms. The minimum Gasteiger partial charge on any atom is -0.466 e. The van der Waals surface area contributed by atoms with E-state index in [2.05, 4.69) is 31.9 Å². The van der Waals surface area contributed by atoms with E-state index in [-0.39, 0.29) is 4.48 Å². The van der Waals surface area contributed by atoms with Crippen LogP contribution in [-0.2, 0) is 9.53 Å². The summed E-state index contributed by atoms with van der Waals surface area (Å²) >= 11 is 6.24. The number of rotatable bonds is 2. The lowest BCUT2D eigenvalue weighted by molar-refractivity contribution is -0.143. The first-order valence-corrected chi connectivity index (χ1v) is 5.67. The van der Waals surface area contributed by atoms with E-state index in [1.807, 2.05) is 0 Å². The maximum atomic E-state index is 11.2. The molecule has 1 aliphatic rings. The van der Waals surface area contributed by atoms with E-state index in [1.54, 1.807) is 12.1 Å². The van der Waals surface area contributed by atoms with Crippen LogP contribution < -0.4 is 0 Å². The largest absolute Gasteiger partial charge is 0.466 e. The highest BCUT2D eigenvalue weighted by Gasteiger charge is 2.38. The van der Waals surface area contributed by atoms with Gasteiger partial charge in [-0.3, -0.25) is 0 Å². The lowest BCUT2D eigenvalue weighted by atomic mass is 10.1. The van der Waals surface area contributed by atoms with Crippen LogP contribution in [0.15, 0.2) is 31.8 Å². The van der Waals surface area contributed by atoms with Gasteiger partial charge in [-0.15, -0.1) is 0 Å². The molecule has 15 heavy (non-hydrogen) atoms. The molecule has 80 valence electrons. The molecule has 4 nitrogen and oxygen atoms in total. The van der Waals surface area contributed by atoms with Gasteiger partial charge in [-0.2, -0.15) is 0 Å². The van der Waals surface area contributed by atoms with Crippen LogP contribution in [0.5, 0.6) is 0 Å². The quantitative estimate of drug-likeness (QED) is 0.841. The summed E-state index contributed by atoms with van der Waals surface area (Å²) < 4.78 is 10.8. The van der Waals surface area contributed by atoms with E-state index < -0.39 is 18.2 Å². The van der Waals surface area contributed by atoms with Crippen molar-refractivity contribution in [1.29, 1.82) is 0 Å². The number of aliphatic hydroxyl groups excluding tert-OH is 1. The van der Waals surface area contributed by atoms with E-state index in [0.717, 1.165) is 0 Å². The zero-order valence-electron chi connectivity index (χ0n) is 7.31. The zero-order chi connectivity index (χ0) is 11.0. The molecule has 2 atom stereocenters. The van der Waals surface area contributed by atoms with Gasteiger partial charge in [0, 0.05) is 0 Å². The first-order valence-electron chi connectivity index (χ1n) is 4.09. The Kier molecular flexibility index (Phi) is 2.99. The third-order valence-electron chi connectivity index (χ3n) is 1.99. The van der Waals surface area contributed by atoms with Gasteiger partial charge in [0.2, 0.25) is 0 Å². The van der Waals surface area contributed by atoms with Gasteiger partial charge in [0.05, 0.1) is 10.7 Å². The van der Waals surface area contributed by atoms with Gasteiger partial charge >= 0.3 is 5.97 Å². The second-order valence-electron chi connectivity index (χ2n) is 2.95. The average molecular weight is 338 g/mol. The van der Waals surface area contributed by atoms with Crippen LogP contribution in [0.3, 0.4) is 0 Å². The Morgan fingerprint density at radius 3 is 2.67 bits per heavy atom. The maximum Gasteiger partial charge on any atom is 0.346 e. The van der Waals surface area contributed by atoms with Crippen LogP contribution in [0.4, 0.5) is 0 Å². The fourth-order valence-electron chi connectivity index (χ4n) is 1.25. The number of aliphatic hydroxyl groups is 1. The summed E-state index contributed by atoms with van der Waals surface area (Å²) in [5.41, 5.74) is 0. The van der Waals surface area contributed by atoms with Crippen LogP contribution in [0, 0.1) is 0 Å². The summed E-state index contributed by atoms with van der Waals surface area (Å²) in [6, 6.07) is 3.27. The summed E-state index contributed by atoms with van der Waals surface area (Å²) in [6.45, 7) is 0. The first kappa shape index (κ1) is 10.9. The number of carbonyl (C=O) groups excluding carboxylic acids is 1. The van der Waals surface area contributed by atoms with E-state index in [1.165, 1.54) is 6.26 Å². The molecule has 2 rings (SSSR count). The van der Waals surface area contributed by atoms with Gasteiger partial charge < -0.3 is 14.3 Å². The molecule has 0 radical (unpaired) electrons. The van der Waals surface area contributed by atoms with Gasteiger partial charge in [-0.1, -0.05) is 0 Å². The van der Waals surface area contributed by atoms with Crippen molar-refractivity contribution in [1.82, 2.24) is 0 Å². The molecule has 0 saturated carbocycles. The molecule has 1 N–H and O–H groups in total. The van der Waals surface area contributed by atoms with Gasteiger partial charge in [0.1, 0.15) is 10.2 Å². The van der Waals surface area contributed by atoms with Crippen LogP contribution in [0.2, 0.25) is 0 Å². The Hall–Kier alpha value is -0.590. The van der Waals surface area contributed by atoms with Gasteiger partial charge in [-0.25, -0.2) is 4.79 Å². The minimum absolute atomic E-state index is 0.290. The van der Waals surface area contributed by atoms with E-state index >= 15 is 0 Å². The van der Waals surface area contributed by atoms with Crippen molar-refractivity contribution in [3.8, 4) is 0 Å². The molecule has 1 aromatic rings. The SMILES string of the molecule is O=C1O[C@H]([C@@H](O)c2ccco2)C(Br)=C1Br. The number of halogens is 2. The fraction of sp³-hybridized carbons (Fsp3) is 0.222. The van der Waals surface area contributed by atoms with E-state index in [9.17, 15) is 9.90 Å². The normalized spacial score (nSPS) is 23.1. The summed E-state index contributed by atoms with van der Waals surface area (Å²) in [6.07, 6.45) is -0.312. The lowest BCUT2D eigenvalue weighted by Gasteiger charge is -2.15. The second-order valence-corrected chi connectivity index (χ2v) is 4.60. The van der Waals surface area contributed by atoms with Crippen molar-refractivity contribution in [2.45, 2.75) is 12.2 Å². The third kappa shape index (κ3) is 1.89. The van der Waals surface area contributed by atoms with Crippen LogP contribution in [0.25, 0.3) is 0 Å². The molecule has 1 aliphatic heterocycles. The second kappa shape index (κ2) is 4.11. The van der Waals surface area contributed by atoms with Crippen LogP contribution >= 0.6 is 31.9 Å². The van der Waals surface area contributed by atoms with Crippen molar-refractivity contribution in [3.05, 3.63) is 33.1 Å². The van der Waals surface area contributed by atoms with Crippen molar-refractivity contribution in [2.75, 3.05) is 0 Å². The molecule has 0 bridgehead atoms. The summed E-state index contributed by atoms with van der Waals surface area (Å²) in [5, 5.41) is 9.86. The fourth-order valence-corrected chi connectivity index (χ4v) is 2.08. The number of ether oxygens (including phenoxy) is 1. The van der Waals surface area contributed by atoms with Gasteiger partial charge in [0.15, 0.2) is 12.2 Å². The van der Waals surface area contributed by atoms with Gasteiger partial charge in [0.25, 0.3) is 0 Å². The minimum atomic E-state index is -1.01. The number of carbonyl (C=O) groups is 1. The number of cyclic esters (lactones) is 1. The highest BCUT2D eigenvalue weighted by Crippen LogP contribution is 2.37. The smallest absolute Gasteiger partial charge is 0.346 e. The summed E-state index contributed by atoms with van der Waals surface area (Å²) in [7, 11) is 0. The summed E-state index contributed by atoms with van der Waals surface area (Å²) in [5.74, 6) is -0.149. The molecule has 0 unspecified atom stereocenters. The van der Waals surface area contributed by atoms with E-state index in [4.69, 9.17) is 9.15 Å². The number of furan rings is 1. The lowest BCUT2D eigenvalue weighted by Crippen LogP contribution is -2.19.